The highest BCUT2D eigenvalue weighted by Gasteiger charge is 2.54. The summed E-state index contributed by atoms with van der Waals surface area (Å²) < 4.78 is 31.6. The standard InChI is InChI=1S/C18H22F2N4O.C2H6/c1-9(2)24-14(16-11-4-3-5-12(11)16)7-13(23-24)10-6-15(25-18(19)20)17(21)22-8-10;1-2/h6-9,11-12,16,18H,3-5H2,1-2H3,(H2,21,22);1-2H3. The second-order valence-corrected chi connectivity index (χ2v) is 7.26. The van der Waals surface area contributed by atoms with E-state index in [1.807, 2.05) is 13.8 Å². The Labute approximate surface area is 158 Å². The molecular formula is C20H28F2N4O. The smallest absolute Gasteiger partial charge is 0.387 e. The highest BCUT2D eigenvalue weighted by atomic mass is 19.3. The summed E-state index contributed by atoms with van der Waals surface area (Å²) in [5.41, 5.74) is 8.23. The zero-order chi connectivity index (χ0) is 19.7. The minimum Gasteiger partial charge on any atom is -0.431 e. The van der Waals surface area contributed by atoms with Crippen LogP contribution in [0.5, 0.6) is 5.75 Å². The van der Waals surface area contributed by atoms with Crippen molar-refractivity contribution in [1.82, 2.24) is 14.8 Å². The average molecular weight is 378 g/mol. The summed E-state index contributed by atoms with van der Waals surface area (Å²) in [6.45, 7) is 5.27. The van der Waals surface area contributed by atoms with Crippen molar-refractivity contribution in [2.75, 3.05) is 5.73 Å². The van der Waals surface area contributed by atoms with Crippen LogP contribution < -0.4 is 10.5 Å². The van der Waals surface area contributed by atoms with Gasteiger partial charge in [-0.15, -0.1) is 0 Å². The summed E-state index contributed by atoms with van der Waals surface area (Å²) in [6, 6.07) is 3.80. The third-order valence-corrected chi connectivity index (χ3v) is 5.40. The molecule has 0 spiro atoms. The second-order valence-electron chi connectivity index (χ2n) is 7.26. The maximum atomic E-state index is 12.5. The van der Waals surface area contributed by atoms with Gasteiger partial charge < -0.3 is 10.5 Å². The van der Waals surface area contributed by atoms with Crippen LogP contribution in [0.3, 0.4) is 0 Å². The number of fused-ring (bicyclic) bond motifs is 1. The summed E-state index contributed by atoms with van der Waals surface area (Å²) in [5, 5.41) is 4.71. The lowest BCUT2D eigenvalue weighted by atomic mass is 10.1. The Hall–Kier alpha value is -2.18. The number of aromatic nitrogens is 3. The number of alkyl halides is 2. The lowest BCUT2D eigenvalue weighted by Gasteiger charge is -2.12. The molecule has 0 aromatic carbocycles. The molecule has 2 aromatic heterocycles. The summed E-state index contributed by atoms with van der Waals surface area (Å²) in [5.74, 6) is 1.98. The zero-order valence-corrected chi connectivity index (χ0v) is 16.3. The van der Waals surface area contributed by atoms with E-state index < -0.39 is 6.61 Å². The quantitative estimate of drug-likeness (QED) is 0.772. The van der Waals surface area contributed by atoms with E-state index in [1.54, 1.807) is 6.20 Å². The summed E-state index contributed by atoms with van der Waals surface area (Å²) >= 11 is 0. The lowest BCUT2D eigenvalue weighted by molar-refractivity contribution is -0.0494. The van der Waals surface area contributed by atoms with Crippen molar-refractivity contribution < 1.29 is 13.5 Å². The molecule has 0 bridgehead atoms. The van der Waals surface area contributed by atoms with Crippen molar-refractivity contribution in [2.24, 2.45) is 11.8 Å². The Morgan fingerprint density at radius 3 is 2.44 bits per heavy atom. The number of nitrogens with two attached hydrogens (primary N) is 1. The number of nitrogen functional groups attached to an aromatic ring is 1. The molecule has 2 atom stereocenters. The van der Waals surface area contributed by atoms with Gasteiger partial charge in [0.15, 0.2) is 11.6 Å². The molecule has 5 nitrogen and oxygen atoms in total. The molecule has 2 unspecified atom stereocenters. The van der Waals surface area contributed by atoms with Gasteiger partial charge in [-0.25, -0.2) is 4.98 Å². The molecule has 27 heavy (non-hydrogen) atoms. The topological polar surface area (TPSA) is 66.0 Å². The van der Waals surface area contributed by atoms with Gasteiger partial charge in [-0.2, -0.15) is 13.9 Å². The molecule has 7 heteroatoms. The fraction of sp³-hybridized carbons (Fsp3) is 0.600. The van der Waals surface area contributed by atoms with Gasteiger partial charge >= 0.3 is 6.61 Å². The molecule has 148 valence electrons. The number of pyridine rings is 1. The maximum absolute atomic E-state index is 12.5. The molecule has 4 rings (SSSR count). The van der Waals surface area contributed by atoms with E-state index in [9.17, 15) is 8.78 Å². The maximum Gasteiger partial charge on any atom is 0.387 e. The van der Waals surface area contributed by atoms with Crippen LogP contribution in [0.1, 0.15) is 64.6 Å². The first-order valence-electron chi connectivity index (χ1n) is 9.76. The van der Waals surface area contributed by atoms with Gasteiger partial charge in [-0.05, 0) is 50.7 Å². The third kappa shape index (κ3) is 3.77. The Bertz CT molecular complexity index is 780. The van der Waals surface area contributed by atoms with Gasteiger partial charge in [-0.3, -0.25) is 4.68 Å². The third-order valence-electron chi connectivity index (χ3n) is 5.40. The number of nitrogens with zero attached hydrogens (tertiary/aromatic N) is 3. The molecule has 0 saturated heterocycles. The van der Waals surface area contributed by atoms with Crippen LogP contribution in [-0.4, -0.2) is 21.4 Å². The summed E-state index contributed by atoms with van der Waals surface area (Å²) in [7, 11) is 0. The molecule has 2 fully saturated rings. The van der Waals surface area contributed by atoms with Crippen LogP contribution in [0.2, 0.25) is 0 Å². The Morgan fingerprint density at radius 1 is 1.19 bits per heavy atom. The molecule has 2 heterocycles. The van der Waals surface area contributed by atoms with E-state index in [2.05, 4.69) is 34.3 Å². The number of anilines is 1. The van der Waals surface area contributed by atoms with Crippen molar-refractivity contribution in [3.05, 3.63) is 24.0 Å². The van der Waals surface area contributed by atoms with Crippen LogP contribution >= 0.6 is 0 Å². The van der Waals surface area contributed by atoms with E-state index in [0.29, 0.717) is 11.5 Å². The second kappa shape index (κ2) is 7.82. The van der Waals surface area contributed by atoms with Gasteiger partial charge in [0.25, 0.3) is 0 Å². The summed E-state index contributed by atoms with van der Waals surface area (Å²) in [6.07, 6.45) is 5.47. The first-order chi connectivity index (χ1) is 13.0. The minimum atomic E-state index is -2.94. The van der Waals surface area contributed by atoms with E-state index in [4.69, 9.17) is 10.8 Å². The monoisotopic (exact) mass is 378 g/mol. The first kappa shape index (κ1) is 19.6. The molecule has 2 N–H and O–H groups in total. The van der Waals surface area contributed by atoms with Crippen molar-refractivity contribution >= 4 is 5.82 Å². The van der Waals surface area contributed by atoms with Gasteiger partial charge in [0.05, 0.1) is 5.69 Å². The summed E-state index contributed by atoms with van der Waals surface area (Å²) in [4.78, 5) is 3.98. The first-order valence-corrected chi connectivity index (χ1v) is 9.76. The van der Waals surface area contributed by atoms with Crippen molar-refractivity contribution in [3.8, 4) is 17.0 Å². The SMILES string of the molecule is CC.CC(C)n1nc(-c2cnc(N)c(OC(F)F)c2)cc1C1C2CCCC21. The fourth-order valence-electron chi connectivity index (χ4n) is 4.26. The molecule has 2 aromatic rings. The largest absolute Gasteiger partial charge is 0.431 e. The minimum absolute atomic E-state index is 0.0516. The predicted molar refractivity (Wildman–Crippen MR) is 102 cm³/mol. The Kier molecular flexibility index (Phi) is 5.67. The van der Waals surface area contributed by atoms with Gasteiger partial charge in [0.1, 0.15) is 0 Å². The molecular weight excluding hydrogens is 350 g/mol. The average Bonchev–Trinajstić information content (AvgIpc) is 3.02. The highest BCUT2D eigenvalue weighted by molar-refractivity contribution is 5.64. The number of hydrogen-bond acceptors (Lipinski definition) is 4. The molecule has 2 aliphatic rings. The van der Waals surface area contributed by atoms with E-state index in [1.165, 1.54) is 31.0 Å². The highest BCUT2D eigenvalue weighted by Crippen LogP contribution is 2.63. The molecule has 2 saturated carbocycles. The van der Waals surface area contributed by atoms with Crippen LogP contribution in [-0.2, 0) is 0 Å². The van der Waals surface area contributed by atoms with Gasteiger partial charge in [-0.1, -0.05) is 20.3 Å². The number of halogens is 2. The molecule has 0 aliphatic heterocycles. The van der Waals surface area contributed by atoms with Crippen molar-refractivity contribution in [3.63, 3.8) is 0 Å². The van der Waals surface area contributed by atoms with Crippen LogP contribution in [0.15, 0.2) is 18.3 Å². The van der Waals surface area contributed by atoms with Crippen LogP contribution in [0.25, 0.3) is 11.3 Å². The molecule has 0 amide bonds. The zero-order valence-electron chi connectivity index (χ0n) is 16.3. The van der Waals surface area contributed by atoms with Crippen molar-refractivity contribution in [1.29, 1.82) is 0 Å². The van der Waals surface area contributed by atoms with Crippen LogP contribution in [0, 0.1) is 11.8 Å². The number of ether oxygens (including phenoxy) is 1. The normalized spacial score (nSPS) is 23.2. The van der Waals surface area contributed by atoms with E-state index in [0.717, 1.165) is 17.5 Å². The van der Waals surface area contributed by atoms with Crippen LogP contribution in [0.4, 0.5) is 14.6 Å². The van der Waals surface area contributed by atoms with Gasteiger partial charge in [0.2, 0.25) is 0 Å². The Morgan fingerprint density at radius 2 is 1.85 bits per heavy atom. The fourth-order valence-corrected chi connectivity index (χ4v) is 4.26. The molecule has 2 aliphatic carbocycles. The lowest BCUT2D eigenvalue weighted by Crippen LogP contribution is -2.08. The number of rotatable bonds is 5. The predicted octanol–water partition coefficient (Wildman–Crippen LogP) is 5.25. The van der Waals surface area contributed by atoms with Gasteiger partial charge in [0, 0.05) is 29.4 Å². The van der Waals surface area contributed by atoms with E-state index in [-0.39, 0.29) is 17.6 Å². The molecule has 0 radical (unpaired) electrons. The Balaban J connectivity index is 0.00000102. The van der Waals surface area contributed by atoms with Crippen molar-refractivity contribution in [2.45, 2.75) is 65.5 Å². The van der Waals surface area contributed by atoms with E-state index >= 15 is 0 Å². The number of hydrogen-bond donors (Lipinski definition) is 1.